The average molecular weight is 226 g/mol. The molecule has 0 heterocycles. The lowest BCUT2D eigenvalue weighted by molar-refractivity contribution is -0.119. The van der Waals surface area contributed by atoms with E-state index in [1.807, 2.05) is 32.9 Å². The molecule has 2 nitrogen and oxygen atoms in total. The molecule has 0 fully saturated rings. The van der Waals surface area contributed by atoms with E-state index >= 15 is 0 Å². The van der Waals surface area contributed by atoms with Crippen LogP contribution in [0.4, 0.5) is 5.69 Å². The highest BCUT2D eigenvalue weighted by atomic mass is 35.5. The Morgan fingerprint density at radius 3 is 2.73 bits per heavy atom. The van der Waals surface area contributed by atoms with E-state index in [4.69, 9.17) is 11.6 Å². The van der Waals surface area contributed by atoms with Crippen LogP contribution >= 0.6 is 11.6 Å². The number of hydrogen-bond acceptors (Lipinski definition) is 1. The van der Waals surface area contributed by atoms with Crippen molar-refractivity contribution >= 4 is 23.2 Å². The first-order valence-electron chi connectivity index (χ1n) is 5.11. The summed E-state index contributed by atoms with van der Waals surface area (Å²) in [7, 11) is 0. The summed E-state index contributed by atoms with van der Waals surface area (Å²) in [5.41, 5.74) is 1.77. The highest BCUT2D eigenvalue weighted by molar-refractivity contribution is 6.31. The van der Waals surface area contributed by atoms with Gasteiger partial charge in [0, 0.05) is 16.6 Å². The highest BCUT2D eigenvalue weighted by Crippen LogP contribution is 2.20. The molecule has 0 aliphatic carbocycles. The van der Waals surface area contributed by atoms with Crippen LogP contribution in [0, 0.1) is 12.8 Å². The molecule has 1 amide bonds. The van der Waals surface area contributed by atoms with Crippen molar-refractivity contribution in [3.63, 3.8) is 0 Å². The molecule has 0 spiro atoms. The van der Waals surface area contributed by atoms with E-state index in [0.29, 0.717) is 5.02 Å². The van der Waals surface area contributed by atoms with Crippen LogP contribution in [0.1, 0.15) is 25.8 Å². The zero-order chi connectivity index (χ0) is 11.4. The minimum Gasteiger partial charge on any atom is -0.326 e. The molecule has 0 radical (unpaired) electrons. The summed E-state index contributed by atoms with van der Waals surface area (Å²) in [5.74, 6) is 0.0718. The molecule has 0 bridgehead atoms. The van der Waals surface area contributed by atoms with Crippen LogP contribution in [0.2, 0.25) is 5.02 Å². The summed E-state index contributed by atoms with van der Waals surface area (Å²) in [6, 6.07) is 5.53. The third-order valence-electron chi connectivity index (χ3n) is 2.50. The van der Waals surface area contributed by atoms with Gasteiger partial charge in [-0.05, 0) is 31.0 Å². The topological polar surface area (TPSA) is 29.1 Å². The van der Waals surface area contributed by atoms with E-state index in [1.54, 1.807) is 6.07 Å². The fraction of sp³-hybridized carbons (Fsp3) is 0.417. The van der Waals surface area contributed by atoms with Crippen LogP contribution in [0.3, 0.4) is 0 Å². The molecule has 15 heavy (non-hydrogen) atoms. The van der Waals surface area contributed by atoms with Gasteiger partial charge in [-0.1, -0.05) is 31.5 Å². The van der Waals surface area contributed by atoms with Gasteiger partial charge in [0.25, 0.3) is 0 Å². The van der Waals surface area contributed by atoms with Gasteiger partial charge in [0.05, 0.1) is 0 Å². The van der Waals surface area contributed by atoms with Crippen molar-refractivity contribution in [2.24, 2.45) is 5.92 Å². The van der Waals surface area contributed by atoms with Crippen LogP contribution in [0.15, 0.2) is 18.2 Å². The Bertz CT molecular complexity index is 363. The Kier molecular flexibility index (Phi) is 4.15. The number of rotatable bonds is 3. The van der Waals surface area contributed by atoms with Crippen LogP contribution in [-0.2, 0) is 4.79 Å². The quantitative estimate of drug-likeness (QED) is 0.836. The molecule has 82 valence electrons. The Labute approximate surface area is 95.6 Å². The lowest BCUT2D eigenvalue weighted by atomic mass is 10.1. The number of nitrogens with one attached hydrogen (secondary N) is 1. The van der Waals surface area contributed by atoms with Crippen molar-refractivity contribution in [1.29, 1.82) is 0 Å². The lowest BCUT2D eigenvalue weighted by Gasteiger charge is -2.10. The number of amides is 1. The van der Waals surface area contributed by atoms with Gasteiger partial charge in [0.1, 0.15) is 0 Å². The second kappa shape index (κ2) is 5.17. The first kappa shape index (κ1) is 12.1. The van der Waals surface area contributed by atoms with Crippen molar-refractivity contribution in [2.75, 3.05) is 5.32 Å². The zero-order valence-corrected chi connectivity index (χ0v) is 10.1. The summed E-state index contributed by atoms with van der Waals surface area (Å²) in [4.78, 5) is 11.6. The fourth-order valence-corrected chi connectivity index (χ4v) is 1.30. The maximum atomic E-state index is 11.6. The van der Waals surface area contributed by atoms with Gasteiger partial charge in [-0.3, -0.25) is 4.79 Å². The van der Waals surface area contributed by atoms with Gasteiger partial charge in [0.15, 0.2) is 0 Å². The van der Waals surface area contributed by atoms with E-state index in [0.717, 1.165) is 17.7 Å². The van der Waals surface area contributed by atoms with Gasteiger partial charge < -0.3 is 5.32 Å². The average Bonchev–Trinajstić information content (AvgIpc) is 2.22. The fourth-order valence-electron chi connectivity index (χ4n) is 1.12. The molecule has 3 heteroatoms. The van der Waals surface area contributed by atoms with Crippen LogP contribution in [0.25, 0.3) is 0 Å². The summed E-state index contributed by atoms with van der Waals surface area (Å²) in [5, 5.41) is 3.52. The first-order chi connectivity index (χ1) is 7.04. The SMILES string of the molecule is CC[C@H](C)C(=O)Nc1ccc(C)c(Cl)c1. The monoisotopic (exact) mass is 225 g/mol. The minimum absolute atomic E-state index is 0.0325. The normalized spacial score (nSPS) is 12.3. The molecule has 0 saturated carbocycles. The number of aryl methyl sites for hydroxylation is 1. The van der Waals surface area contributed by atoms with E-state index in [1.165, 1.54) is 0 Å². The smallest absolute Gasteiger partial charge is 0.227 e. The van der Waals surface area contributed by atoms with E-state index in [2.05, 4.69) is 5.32 Å². The van der Waals surface area contributed by atoms with Gasteiger partial charge in [0.2, 0.25) is 5.91 Å². The minimum atomic E-state index is 0.0325. The van der Waals surface area contributed by atoms with Gasteiger partial charge >= 0.3 is 0 Å². The molecule has 1 rings (SSSR count). The summed E-state index contributed by atoms with van der Waals surface area (Å²) >= 11 is 5.96. The molecule has 1 aromatic rings. The maximum absolute atomic E-state index is 11.6. The van der Waals surface area contributed by atoms with Gasteiger partial charge in [-0.25, -0.2) is 0 Å². The van der Waals surface area contributed by atoms with Crippen LogP contribution in [-0.4, -0.2) is 5.91 Å². The number of halogens is 1. The molecule has 0 aliphatic heterocycles. The molecule has 0 aliphatic rings. The Balaban J connectivity index is 2.73. The van der Waals surface area contributed by atoms with Crippen molar-refractivity contribution in [3.8, 4) is 0 Å². The first-order valence-corrected chi connectivity index (χ1v) is 5.49. The second-order valence-corrected chi connectivity index (χ2v) is 4.17. The van der Waals surface area contributed by atoms with E-state index in [-0.39, 0.29) is 11.8 Å². The number of anilines is 1. The van der Waals surface area contributed by atoms with Crippen molar-refractivity contribution in [1.82, 2.24) is 0 Å². The highest BCUT2D eigenvalue weighted by Gasteiger charge is 2.10. The largest absolute Gasteiger partial charge is 0.326 e. The number of hydrogen-bond donors (Lipinski definition) is 1. The Hall–Kier alpha value is -1.02. The van der Waals surface area contributed by atoms with Crippen molar-refractivity contribution in [2.45, 2.75) is 27.2 Å². The third kappa shape index (κ3) is 3.24. The molecule has 0 aromatic heterocycles. The van der Waals surface area contributed by atoms with E-state index in [9.17, 15) is 4.79 Å². The standard InChI is InChI=1S/C12H16ClNO/c1-4-8(2)12(15)14-10-6-5-9(3)11(13)7-10/h5-8H,4H2,1-3H3,(H,14,15)/t8-/m0/s1. The predicted octanol–water partition coefficient (Wildman–Crippen LogP) is 3.63. The van der Waals surface area contributed by atoms with E-state index < -0.39 is 0 Å². The summed E-state index contributed by atoms with van der Waals surface area (Å²) in [6.45, 7) is 5.83. The molecule has 0 saturated heterocycles. The van der Waals surface area contributed by atoms with Crippen molar-refractivity contribution < 1.29 is 4.79 Å². The predicted molar refractivity (Wildman–Crippen MR) is 64.3 cm³/mol. The van der Waals surface area contributed by atoms with Crippen LogP contribution < -0.4 is 5.32 Å². The second-order valence-electron chi connectivity index (χ2n) is 3.76. The van der Waals surface area contributed by atoms with Crippen LogP contribution in [0.5, 0.6) is 0 Å². The molecular weight excluding hydrogens is 210 g/mol. The van der Waals surface area contributed by atoms with Gasteiger partial charge in [-0.2, -0.15) is 0 Å². The zero-order valence-electron chi connectivity index (χ0n) is 9.30. The Morgan fingerprint density at radius 2 is 2.20 bits per heavy atom. The molecule has 0 unspecified atom stereocenters. The number of carbonyl (C=O) groups is 1. The Morgan fingerprint density at radius 1 is 1.53 bits per heavy atom. The maximum Gasteiger partial charge on any atom is 0.227 e. The molecule has 1 N–H and O–H groups in total. The molecule has 1 aromatic carbocycles. The summed E-state index contributed by atoms with van der Waals surface area (Å²) < 4.78 is 0. The number of carbonyl (C=O) groups excluding carboxylic acids is 1. The van der Waals surface area contributed by atoms with Crippen molar-refractivity contribution in [3.05, 3.63) is 28.8 Å². The molecule has 1 atom stereocenters. The van der Waals surface area contributed by atoms with Gasteiger partial charge in [-0.15, -0.1) is 0 Å². The summed E-state index contributed by atoms with van der Waals surface area (Å²) in [6.07, 6.45) is 0.839. The number of benzene rings is 1. The third-order valence-corrected chi connectivity index (χ3v) is 2.91. The lowest BCUT2D eigenvalue weighted by Crippen LogP contribution is -2.19. The molecular formula is C12H16ClNO.